The molecular formula is C16H29N7O3S. The van der Waals surface area contributed by atoms with E-state index in [0.717, 1.165) is 18.7 Å². The van der Waals surface area contributed by atoms with Gasteiger partial charge in [0.15, 0.2) is 0 Å². The van der Waals surface area contributed by atoms with Crippen molar-refractivity contribution in [2.24, 2.45) is 7.05 Å². The molecule has 1 atom stereocenters. The molecule has 1 aromatic heterocycles. The molecule has 1 unspecified atom stereocenters. The zero-order chi connectivity index (χ0) is 19.6. The number of likely N-dealkylation sites (N-methyl/N-ethyl adjacent to an activating group) is 2. The van der Waals surface area contributed by atoms with E-state index in [2.05, 4.69) is 15.3 Å². The molecule has 0 aliphatic carbocycles. The summed E-state index contributed by atoms with van der Waals surface area (Å²) in [4.78, 5) is 16.7. The summed E-state index contributed by atoms with van der Waals surface area (Å²) in [5.41, 5.74) is 0.803. The topological polar surface area (TPSA) is 94.0 Å². The van der Waals surface area contributed by atoms with Crippen molar-refractivity contribution in [2.45, 2.75) is 6.04 Å². The van der Waals surface area contributed by atoms with Crippen LogP contribution in [0, 0.1) is 0 Å². The molecule has 0 bridgehead atoms. The Hall–Kier alpha value is -1.53. The van der Waals surface area contributed by atoms with Crippen LogP contribution in [0.15, 0.2) is 12.4 Å². The highest BCUT2D eigenvalue weighted by Crippen LogP contribution is 2.19. The van der Waals surface area contributed by atoms with Gasteiger partial charge in [-0.15, -0.1) is 0 Å². The van der Waals surface area contributed by atoms with Crippen molar-refractivity contribution >= 4 is 16.1 Å². The lowest BCUT2D eigenvalue weighted by Gasteiger charge is -2.39. The number of hydrogen-bond donors (Lipinski definition) is 1. The lowest BCUT2D eigenvalue weighted by atomic mass is 10.1. The molecule has 0 saturated carbocycles. The van der Waals surface area contributed by atoms with Gasteiger partial charge >= 0.3 is 0 Å². The minimum Gasteiger partial charge on any atom is -0.338 e. The van der Waals surface area contributed by atoms with E-state index in [1.807, 2.05) is 20.3 Å². The molecule has 27 heavy (non-hydrogen) atoms. The van der Waals surface area contributed by atoms with Gasteiger partial charge in [0.05, 0.1) is 6.20 Å². The van der Waals surface area contributed by atoms with E-state index in [4.69, 9.17) is 0 Å². The second-order valence-corrected chi connectivity index (χ2v) is 9.03. The van der Waals surface area contributed by atoms with Crippen LogP contribution in [0.3, 0.4) is 0 Å². The first-order valence-corrected chi connectivity index (χ1v) is 10.6. The molecule has 152 valence electrons. The van der Waals surface area contributed by atoms with Crippen LogP contribution in [0.1, 0.15) is 11.6 Å². The van der Waals surface area contributed by atoms with Crippen molar-refractivity contribution in [2.75, 3.05) is 66.5 Å². The average molecular weight is 400 g/mol. The summed E-state index contributed by atoms with van der Waals surface area (Å²) in [7, 11) is 2.08. The maximum Gasteiger partial charge on any atom is 0.282 e. The first kappa shape index (κ1) is 20.2. The number of aryl methyl sites for hydroxylation is 1. The number of rotatable bonds is 5. The van der Waals surface area contributed by atoms with Crippen molar-refractivity contribution in [3.8, 4) is 0 Å². The predicted octanol–water partition coefficient (Wildman–Crippen LogP) is -1.68. The Labute approximate surface area is 160 Å². The van der Waals surface area contributed by atoms with E-state index in [0.29, 0.717) is 39.3 Å². The molecule has 1 aromatic rings. The Morgan fingerprint density at radius 1 is 1.04 bits per heavy atom. The number of piperazine rings is 2. The van der Waals surface area contributed by atoms with Gasteiger partial charge in [0.25, 0.3) is 10.2 Å². The van der Waals surface area contributed by atoms with Crippen molar-refractivity contribution in [1.82, 2.24) is 33.5 Å². The Morgan fingerprint density at radius 2 is 1.59 bits per heavy atom. The molecule has 10 nitrogen and oxygen atoms in total. The molecule has 3 heterocycles. The highest BCUT2D eigenvalue weighted by molar-refractivity contribution is 7.86. The number of amides is 1. The van der Waals surface area contributed by atoms with Crippen molar-refractivity contribution in [3.05, 3.63) is 18.0 Å². The van der Waals surface area contributed by atoms with E-state index in [9.17, 15) is 13.2 Å². The fourth-order valence-corrected chi connectivity index (χ4v) is 5.10. The van der Waals surface area contributed by atoms with Gasteiger partial charge in [-0.1, -0.05) is 0 Å². The molecule has 2 aliphatic rings. The Bertz CT molecular complexity index is 750. The molecule has 1 amide bonds. The van der Waals surface area contributed by atoms with Gasteiger partial charge in [-0.3, -0.25) is 9.48 Å². The summed E-state index contributed by atoms with van der Waals surface area (Å²) in [6.45, 7) is 3.95. The minimum absolute atomic E-state index is 0.0536. The normalized spacial score (nSPS) is 22.1. The largest absolute Gasteiger partial charge is 0.338 e. The van der Waals surface area contributed by atoms with Gasteiger partial charge in [0.1, 0.15) is 6.04 Å². The summed E-state index contributed by atoms with van der Waals surface area (Å²) >= 11 is 0. The maximum atomic E-state index is 12.9. The van der Waals surface area contributed by atoms with E-state index < -0.39 is 16.3 Å². The third kappa shape index (κ3) is 4.32. The van der Waals surface area contributed by atoms with Crippen LogP contribution in [0.4, 0.5) is 0 Å². The Morgan fingerprint density at radius 3 is 2.07 bits per heavy atom. The number of carbonyl (C=O) groups is 1. The summed E-state index contributed by atoms with van der Waals surface area (Å²) < 4.78 is 30.4. The quantitative estimate of drug-likeness (QED) is 0.636. The van der Waals surface area contributed by atoms with Crippen molar-refractivity contribution in [3.63, 3.8) is 0 Å². The standard InChI is InChI=1S/C16H29N7O3S/c1-17-15(14-12-18-20(3)13-14)16(24)21-6-10-23(11-7-21)27(25,26)22-8-4-19(2)5-9-22/h12-13,15,17H,4-11H2,1-3H3. The molecule has 1 N–H and O–H groups in total. The SMILES string of the molecule is CNC(C(=O)N1CCN(S(=O)(=O)N2CCN(C)CC2)CC1)c1cnn(C)c1. The van der Waals surface area contributed by atoms with E-state index in [1.54, 1.807) is 27.1 Å². The maximum absolute atomic E-state index is 12.9. The van der Waals surface area contributed by atoms with E-state index in [-0.39, 0.29) is 5.91 Å². The Kier molecular flexibility index (Phi) is 6.16. The predicted molar refractivity (Wildman–Crippen MR) is 101 cm³/mol. The van der Waals surface area contributed by atoms with Crippen LogP contribution < -0.4 is 5.32 Å². The molecule has 0 aromatic carbocycles. The van der Waals surface area contributed by atoms with Gasteiger partial charge in [0.2, 0.25) is 5.91 Å². The number of hydrogen-bond acceptors (Lipinski definition) is 6. The lowest BCUT2D eigenvalue weighted by Crippen LogP contribution is -2.57. The molecule has 2 aliphatic heterocycles. The van der Waals surface area contributed by atoms with Gasteiger partial charge in [0, 0.05) is 71.2 Å². The van der Waals surface area contributed by atoms with Gasteiger partial charge in [-0.2, -0.15) is 22.1 Å². The highest BCUT2D eigenvalue weighted by Gasteiger charge is 2.36. The fourth-order valence-electron chi connectivity index (χ4n) is 3.53. The number of nitrogens with one attached hydrogen (secondary N) is 1. The molecular weight excluding hydrogens is 370 g/mol. The van der Waals surface area contributed by atoms with Crippen LogP contribution in [0.5, 0.6) is 0 Å². The van der Waals surface area contributed by atoms with E-state index >= 15 is 0 Å². The first-order chi connectivity index (χ1) is 12.8. The fraction of sp³-hybridized carbons (Fsp3) is 0.750. The zero-order valence-electron chi connectivity index (χ0n) is 16.2. The van der Waals surface area contributed by atoms with Crippen LogP contribution in [0.2, 0.25) is 0 Å². The highest BCUT2D eigenvalue weighted by atomic mass is 32.2. The summed E-state index contributed by atoms with van der Waals surface area (Å²) in [6, 6.07) is -0.473. The monoisotopic (exact) mass is 399 g/mol. The first-order valence-electron chi connectivity index (χ1n) is 9.21. The van der Waals surface area contributed by atoms with Crippen LogP contribution >= 0.6 is 0 Å². The van der Waals surface area contributed by atoms with Gasteiger partial charge in [-0.25, -0.2) is 0 Å². The van der Waals surface area contributed by atoms with Crippen LogP contribution in [-0.4, -0.2) is 109 Å². The average Bonchev–Trinajstić information content (AvgIpc) is 3.08. The summed E-state index contributed by atoms with van der Waals surface area (Å²) in [6.07, 6.45) is 3.49. The molecule has 0 spiro atoms. The molecule has 3 rings (SSSR count). The van der Waals surface area contributed by atoms with Crippen molar-refractivity contribution in [1.29, 1.82) is 0 Å². The van der Waals surface area contributed by atoms with Gasteiger partial charge < -0.3 is 15.1 Å². The molecule has 2 saturated heterocycles. The smallest absolute Gasteiger partial charge is 0.282 e. The van der Waals surface area contributed by atoms with Gasteiger partial charge in [-0.05, 0) is 14.1 Å². The number of aromatic nitrogens is 2. The summed E-state index contributed by atoms with van der Waals surface area (Å²) in [5.74, 6) is -0.0536. The summed E-state index contributed by atoms with van der Waals surface area (Å²) in [5, 5.41) is 7.16. The molecule has 2 fully saturated rings. The zero-order valence-corrected chi connectivity index (χ0v) is 17.0. The number of nitrogens with zero attached hydrogens (tertiary/aromatic N) is 6. The molecule has 0 radical (unpaired) electrons. The van der Waals surface area contributed by atoms with Crippen LogP contribution in [0.25, 0.3) is 0 Å². The third-order valence-corrected chi connectivity index (χ3v) is 7.29. The second-order valence-electron chi connectivity index (χ2n) is 7.10. The lowest BCUT2D eigenvalue weighted by molar-refractivity contribution is -0.134. The Balaban J connectivity index is 1.60. The molecule has 11 heteroatoms. The van der Waals surface area contributed by atoms with Crippen LogP contribution in [-0.2, 0) is 22.1 Å². The van der Waals surface area contributed by atoms with E-state index in [1.165, 1.54) is 4.31 Å². The third-order valence-electron chi connectivity index (χ3n) is 5.26. The second kappa shape index (κ2) is 8.23. The number of carbonyl (C=O) groups excluding carboxylic acids is 1. The van der Waals surface area contributed by atoms with Crippen molar-refractivity contribution < 1.29 is 13.2 Å². The minimum atomic E-state index is -3.46.